The number of hydrogen-bond acceptors (Lipinski definition) is 3. The summed E-state index contributed by atoms with van der Waals surface area (Å²) < 4.78 is 5.58. The van der Waals surface area contributed by atoms with Crippen molar-refractivity contribution in [2.45, 2.75) is 45.2 Å². The Morgan fingerprint density at radius 1 is 1.24 bits per heavy atom. The zero-order chi connectivity index (χ0) is 17.4. The van der Waals surface area contributed by atoms with Gasteiger partial charge in [0.2, 0.25) is 0 Å². The van der Waals surface area contributed by atoms with Crippen molar-refractivity contribution in [1.82, 2.24) is 10.2 Å². The summed E-state index contributed by atoms with van der Waals surface area (Å²) >= 11 is 0. The maximum absolute atomic E-state index is 6.17. The smallest absolute Gasteiger partial charge is 0.191 e. The minimum atomic E-state index is -0.0503. The minimum absolute atomic E-state index is 0. The lowest BCUT2D eigenvalue weighted by molar-refractivity contribution is 0.0374. The van der Waals surface area contributed by atoms with Crippen molar-refractivity contribution in [3.8, 4) is 0 Å². The molecule has 1 aliphatic heterocycles. The molecule has 6 heteroatoms. The quantitative estimate of drug-likeness (QED) is 0.373. The largest absolute Gasteiger partial charge is 0.381 e. The minimum Gasteiger partial charge on any atom is -0.381 e. The van der Waals surface area contributed by atoms with Crippen molar-refractivity contribution in [3.63, 3.8) is 0 Å². The molecule has 0 amide bonds. The third-order valence-electron chi connectivity index (χ3n) is 4.90. The van der Waals surface area contributed by atoms with Crippen LogP contribution in [0.2, 0.25) is 0 Å². The van der Waals surface area contributed by atoms with Crippen molar-refractivity contribution in [2.75, 3.05) is 32.8 Å². The summed E-state index contributed by atoms with van der Waals surface area (Å²) in [6.07, 6.45) is 1.92. The third kappa shape index (κ3) is 6.42. The van der Waals surface area contributed by atoms with Crippen molar-refractivity contribution in [1.29, 1.82) is 0 Å². The Labute approximate surface area is 169 Å². The van der Waals surface area contributed by atoms with Crippen molar-refractivity contribution in [3.05, 3.63) is 35.9 Å². The molecule has 1 aliphatic rings. The van der Waals surface area contributed by atoms with Crippen molar-refractivity contribution >= 4 is 29.9 Å². The van der Waals surface area contributed by atoms with E-state index in [0.717, 1.165) is 39.1 Å². The number of ether oxygens (including phenoxy) is 1. The summed E-state index contributed by atoms with van der Waals surface area (Å²) in [7, 11) is 0. The zero-order valence-electron chi connectivity index (χ0n) is 15.7. The van der Waals surface area contributed by atoms with Crippen molar-refractivity contribution in [2.24, 2.45) is 10.7 Å². The van der Waals surface area contributed by atoms with E-state index in [1.165, 1.54) is 5.56 Å². The van der Waals surface area contributed by atoms with E-state index in [1.54, 1.807) is 0 Å². The molecule has 1 atom stereocenters. The molecule has 1 heterocycles. The number of nitrogens with two attached hydrogens (primary N) is 1. The van der Waals surface area contributed by atoms with Crippen LogP contribution in [0.1, 0.15) is 45.2 Å². The molecule has 1 aromatic carbocycles. The van der Waals surface area contributed by atoms with Crippen LogP contribution in [0, 0.1) is 0 Å². The molecule has 2 rings (SSSR count). The molecule has 1 fully saturated rings. The zero-order valence-corrected chi connectivity index (χ0v) is 18.0. The topological polar surface area (TPSA) is 62.9 Å². The van der Waals surface area contributed by atoms with E-state index < -0.39 is 0 Å². The van der Waals surface area contributed by atoms with Gasteiger partial charge in [0.15, 0.2) is 5.96 Å². The lowest BCUT2D eigenvalue weighted by atomic mass is 9.88. The normalized spacial score (nSPS) is 18.3. The molecule has 0 spiro atoms. The maximum atomic E-state index is 6.17. The van der Waals surface area contributed by atoms with Crippen LogP contribution in [0.15, 0.2) is 35.3 Å². The monoisotopic (exact) mass is 460 g/mol. The highest BCUT2D eigenvalue weighted by molar-refractivity contribution is 14.0. The molecule has 0 bridgehead atoms. The lowest BCUT2D eigenvalue weighted by Gasteiger charge is -2.39. The summed E-state index contributed by atoms with van der Waals surface area (Å²) in [6, 6.07) is 10.8. The van der Waals surface area contributed by atoms with Gasteiger partial charge in [-0.1, -0.05) is 30.3 Å². The van der Waals surface area contributed by atoms with Crippen LogP contribution in [0.25, 0.3) is 0 Å². The second kappa shape index (κ2) is 11.0. The van der Waals surface area contributed by atoms with Gasteiger partial charge in [0, 0.05) is 37.9 Å². The molecule has 25 heavy (non-hydrogen) atoms. The van der Waals surface area contributed by atoms with Gasteiger partial charge in [-0.2, -0.15) is 0 Å². The van der Waals surface area contributed by atoms with Crippen LogP contribution < -0.4 is 11.1 Å². The summed E-state index contributed by atoms with van der Waals surface area (Å²) in [5, 5.41) is 3.82. The van der Waals surface area contributed by atoms with E-state index in [1.807, 2.05) is 0 Å². The first-order valence-electron chi connectivity index (χ1n) is 9.05. The number of benzene rings is 1. The molecule has 5 nitrogen and oxygen atoms in total. The van der Waals surface area contributed by atoms with Crippen LogP contribution in [0.5, 0.6) is 0 Å². The van der Waals surface area contributed by atoms with Gasteiger partial charge < -0.3 is 20.7 Å². The second-order valence-corrected chi connectivity index (χ2v) is 6.52. The molecule has 3 N–H and O–H groups in total. The van der Waals surface area contributed by atoms with E-state index in [2.05, 4.69) is 61.3 Å². The molecule has 0 aliphatic carbocycles. The molecule has 0 radical (unpaired) electrons. The molecule has 142 valence electrons. The van der Waals surface area contributed by atoms with Crippen LogP contribution in [-0.4, -0.2) is 49.2 Å². The van der Waals surface area contributed by atoms with Gasteiger partial charge in [-0.05, 0) is 39.2 Å². The van der Waals surface area contributed by atoms with E-state index in [-0.39, 0.29) is 35.6 Å². The first-order valence-corrected chi connectivity index (χ1v) is 9.05. The number of rotatable bonds is 7. The Balaban J connectivity index is 0.00000312. The summed E-state index contributed by atoms with van der Waals surface area (Å²) in [5.41, 5.74) is 7.42. The number of nitrogens with one attached hydrogen (secondary N) is 1. The van der Waals surface area contributed by atoms with E-state index >= 15 is 0 Å². The Kier molecular flexibility index (Phi) is 9.74. The van der Waals surface area contributed by atoms with Gasteiger partial charge in [0.05, 0.1) is 6.54 Å². The molecule has 0 aromatic heterocycles. The Hall–Kier alpha value is -0.860. The summed E-state index contributed by atoms with van der Waals surface area (Å²) in [4.78, 5) is 6.80. The average Bonchev–Trinajstić information content (AvgIpc) is 2.62. The van der Waals surface area contributed by atoms with Gasteiger partial charge in [0.1, 0.15) is 0 Å². The molecule has 1 unspecified atom stereocenters. The van der Waals surface area contributed by atoms with E-state index in [0.29, 0.717) is 12.5 Å². The summed E-state index contributed by atoms with van der Waals surface area (Å²) in [6.45, 7) is 10.4. The third-order valence-corrected chi connectivity index (χ3v) is 4.90. The average molecular weight is 460 g/mol. The Bertz CT molecular complexity index is 513. The standard InChI is InChI=1S/C19H32N4O.HI/c1-4-23(5-2)18(20)21-15-19(11-13-24-14-12-19)22-16(3)17-9-7-6-8-10-17;/h6-10,16,22H,4-5,11-15H2,1-3H3,(H2,20,21);1H. The predicted molar refractivity (Wildman–Crippen MR) is 116 cm³/mol. The van der Waals surface area contributed by atoms with E-state index in [4.69, 9.17) is 15.5 Å². The first-order chi connectivity index (χ1) is 11.6. The van der Waals surface area contributed by atoms with Gasteiger partial charge in [0.25, 0.3) is 0 Å². The molecular formula is C19H33IN4O. The Morgan fingerprint density at radius 2 is 1.84 bits per heavy atom. The maximum Gasteiger partial charge on any atom is 0.191 e. The van der Waals surface area contributed by atoms with Gasteiger partial charge >= 0.3 is 0 Å². The first kappa shape index (κ1) is 22.2. The van der Waals surface area contributed by atoms with Gasteiger partial charge in [-0.3, -0.25) is 4.99 Å². The number of nitrogens with zero attached hydrogens (tertiary/aromatic N) is 2. The number of guanidine groups is 1. The van der Waals surface area contributed by atoms with Crippen molar-refractivity contribution < 1.29 is 4.74 Å². The van der Waals surface area contributed by atoms with Gasteiger partial charge in [-0.15, -0.1) is 24.0 Å². The molecular weight excluding hydrogens is 427 g/mol. The fraction of sp³-hybridized carbons (Fsp3) is 0.632. The van der Waals surface area contributed by atoms with Crippen LogP contribution >= 0.6 is 24.0 Å². The Morgan fingerprint density at radius 3 is 2.40 bits per heavy atom. The SMILES string of the molecule is CCN(CC)C(N)=NCC1(NC(C)c2ccccc2)CCOCC1.I. The number of halogens is 1. The fourth-order valence-corrected chi connectivity index (χ4v) is 3.27. The number of aliphatic imine (C=N–C) groups is 1. The molecule has 1 aromatic rings. The second-order valence-electron chi connectivity index (χ2n) is 6.52. The van der Waals surface area contributed by atoms with Crippen LogP contribution in [0.4, 0.5) is 0 Å². The number of hydrogen-bond donors (Lipinski definition) is 2. The molecule has 0 saturated carbocycles. The van der Waals surface area contributed by atoms with Gasteiger partial charge in [-0.25, -0.2) is 0 Å². The predicted octanol–water partition coefficient (Wildman–Crippen LogP) is 3.16. The highest BCUT2D eigenvalue weighted by Gasteiger charge is 2.34. The van der Waals surface area contributed by atoms with Crippen LogP contribution in [0.3, 0.4) is 0 Å². The van der Waals surface area contributed by atoms with E-state index in [9.17, 15) is 0 Å². The highest BCUT2D eigenvalue weighted by Crippen LogP contribution is 2.26. The lowest BCUT2D eigenvalue weighted by Crippen LogP contribution is -2.53. The summed E-state index contributed by atoms with van der Waals surface area (Å²) in [5.74, 6) is 0.639. The highest BCUT2D eigenvalue weighted by atomic mass is 127. The van der Waals surface area contributed by atoms with Crippen LogP contribution in [-0.2, 0) is 4.74 Å². The molecule has 1 saturated heterocycles. The fourth-order valence-electron chi connectivity index (χ4n) is 3.27.